The molecule has 0 aliphatic carbocycles. The van der Waals surface area contributed by atoms with Gasteiger partial charge in [-0.05, 0) is 60.9 Å². The van der Waals surface area contributed by atoms with Crippen molar-refractivity contribution >= 4 is 27.1 Å². The molecule has 35 heavy (non-hydrogen) atoms. The first kappa shape index (κ1) is 26.7. The number of hydrogen-bond acceptors (Lipinski definition) is 6. The monoisotopic (exact) mass is 516 g/mol. The third-order valence-electron chi connectivity index (χ3n) is 5.83. The molecule has 9 heteroatoms. The maximum absolute atomic E-state index is 12.3. The molecule has 0 bridgehead atoms. The van der Waals surface area contributed by atoms with Crippen LogP contribution in [0.1, 0.15) is 41.5 Å². The van der Waals surface area contributed by atoms with Crippen LogP contribution in [-0.4, -0.2) is 43.4 Å². The highest BCUT2D eigenvalue weighted by Crippen LogP contribution is 2.33. The van der Waals surface area contributed by atoms with Gasteiger partial charge in [0, 0.05) is 54.6 Å². The Hall–Kier alpha value is -2.94. The molecule has 0 spiro atoms. The van der Waals surface area contributed by atoms with E-state index < -0.39 is 9.84 Å². The van der Waals surface area contributed by atoms with Crippen LogP contribution in [0.15, 0.2) is 75.6 Å². The van der Waals surface area contributed by atoms with Crippen molar-refractivity contribution in [1.82, 2.24) is 4.57 Å². The summed E-state index contributed by atoms with van der Waals surface area (Å²) in [5.41, 5.74) is 3.59. The van der Waals surface area contributed by atoms with Gasteiger partial charge in [-0.2, -0.15) is 0 Å². The second-order valence-corrected chi connectivity index (χ2v) is 10.7. The van der Waals surface area contributed by atoms with E-state index in [1.165, 1.54) is 16.9 Å². The number of oxime groups is 1. The molecule has 186 valence electrons. The number of benzene rings is 2. The molecule has 1 unspecified atom stereocenters. The maximum atomic E-state index is 12.3. The zero-order valence-electron chi connectivity index (χ0n) is 19.9. The molecule has 3 aromatic rings. The van der Waals surface area contributed by atoms with Crippen molar-refractivity contribution in [3.63, 3.8) is 0 Å². The van der Waals surface area contributed by atoms with Crippen molar-refractivity contribution in [1.29, 1.82) is 0 Å². The number of sulfone groups is 1. The molecule has 0 saturated carbocycles. The molecule has 0 aliphatic rings. The van der Waals surface area contributed by atoms with E-state index in [2.05, 4.69) is 5.16 Å². The Bertz CT molecular complexity index is 1370. The Morgan fingerprint density at radius 2 is 1.86 bits per heavy atom. The van der Waals surface area contributed by atoms with Crippen molar-refractivity contribution in [3.05, 3.63) is 98.4 Å². The number of pyridine rings is 1. The van der Waals surface area contributed by atoms with Crippen molar-refractivity contribution in [2.75, 3.05) is 19.5 Å². The second-order valence-electron chi connectivity index (χ2n) is 8.29. The van der Waals surface area contributed by atoms with E-state index in [1.54, 1.807) is 42.6 Å². The minimum atomic E-state index is -3.34. The second kappa shape index (κ2) is 11.7. The fourth-order valence-corrected chi connectivity index (χ4v) is 4.84. The molecule has 0 saturated heterocycles. The predicted octanol–water partition coefficient (Wildman–Crippen LogP) is 4.65. The summed E-state index contributed by atoms with van der Waals surface area (Å²) in [7, 11) is -3.34. The van der Waals surface area contributed by atoms with Crippen molar-refractivity contribution < 1.29 is 18.4 Å². The summed E-state index contributed by atoms with van der Waals surface area (Å²) in [6.45, 7) is 5.16. The molecule has 7 nitrogen and oxygen atoms in total. The third kappa shape index (κ3) is 6.81. The quantitative estimate of drug-likeness (QED) is 0.183. The Kier molecular flexibility index (Phi) is 8.88. The molecule has 1 N–H and O–H groups in total. The van der Waals surface area contributed by atoms with E-state index in [0.717, 1.165) is 16.7 Å². The van der Waals surface area contributed by atoms with Gasteiger partial charge < -0.3 is 14.5 Å². The van der Waals surface area contributed by atoms with Gasteiger partial charge in [0.2, 0.25) is 0 Å². The zero-order valence-corrected chi connectivity index (χ0v) is 21.5. The summed E-state index contributed by atoms with van der Waals surface area (Å²) in [6, 6.07) is 15.3. The molecule has 0 fully saturated rings. The molecule has 1 heterocycles. The lowest BCUT2D eigenvalue weighted by atomic mass is 9.83. The van der Waals surface area contributed by atoms with E-state index in [0.29, 0.717) is 42.5 Å². The molecule has 0 radical (unpaired) electrons. The largest absolute Gasteiger partial charge is 0.411 e. The number of halogens is 1. The number of aromatic nitrogens is 1. The van der Waals surface area contributed by atoms with Crippen LogP contribution in [0.2, 0.25) is 5.02 Å². The number of ether oxygens (including phenoxy) is 1. The fourth-order valence-electron chi connectivity index (χ4n) is 3.98. The highest BCUT2D eigenvalue weighted by atomic mass is 35.5. The maximum Gasteiger partial charge on any atom is 0.250 e. The van der Waals surface area contributed by atoms with Gasteiger partial charge in [-0.3, -0.25) is 4.79 Å². The van der Waals surface area contributed by atoms with Gasteiger partial charge >= 0.3 is 0 Å². The molecule has 0 aliphatic heterocycles. The Morgan fingerprint density at radius 3 is 2.46 bits per heavy atom. The fraction of sp³-hybridized carbons (Fsp3) is 0.308. The average Bonchev–Trinajstić information content (AvgIpc) is 2.82. The zero-order chi connectivity index (χ0) is 25.6. The van der Waals surface area contributed by atoms with E-state index in [9.17, 15) is 18.4 Å². The van der Waals surface area contributed by atoms with Crippen molar-refractivity contribution in [3.8, 4) is 0 Å². The topological polar surface area (TPSA) is 98.0 Å². The first-order valence-electron chi connectivity index (χ1n) is 11.2. The van der Waals surface area contributed by atoms with Crippen LogP contribution in [0.4, 0.5) is 0 Å². The predicted molar refractivity (Wildman–Crippen MR) is 138 cm³/mol. The molecule has 3 rings (SSSR count). The van der Waals surface area contributed by atoms with Crippen LogP contribution in [0, 0.1) is 6.92 Å². The van der Waals surface area contributed by atoms with E-state index in [4.69, 9.17) is 16.3 Å². The highest BCUT2D eigenvalue weighted by Gasteiger charge is 2.22. The lowest BCUT2D eigenvalue weighted by Crippen LogP contribution is -2.23. The summed E-state index contributed by atoms with van der Waals surface area (Å²) in [6.07, 6.45) is 3.13. The van der Waals surface area contributed by atoms with Gasteiger partial charge in [-0.1, -0.05) is 35.0 Å². The average molecular weight is 517 g/mol. The van der Waals surface area contributed by atoms with Crippen molar-refractivity contribution in [2.24, 2.45) is 5.16 Å². The molecule has 0 amide bonds. The number of aryl methyl sites for hydroxylation is 1. The minimum Gasteiger partial charge on any atom is -0.411 e. The summed E-state index contributed by atoms with van der Waals surface area (Å²) in [5.74, 6) is -0.254. The first-order valence-corrected chi connectivity index (χ1v) is 13.5. The normalized spacial score (nSPS) is 13.1. The summed E-state index contributed by atoms with van der Waals surface area (Å²) in [5, 5.41) is 14.1. The number of nitrogens with zero attached hydrogens (tertiary/aromatic N) is 2. The van der Waals surface area contributed by atoms with Crippen molar-refractivity contribution in [2.45, 2.75) is 37.6 Å². The van der Waals surface area contributed by atoms with Gasteiger partial charge in [-0.25, -0.2) is 8.42 Å². The Labute approximate surface area is 210 Å². The lowest BCUT2D eigenvalue weighted by Gasteiger charge is -2.21. The SMILES string of the molecule is CCOCCn1cc(/C(CC(c2ccc(S(C)(=O)=O)cc2)c2ccc(Cl)cc2C)=N\O)ccc1=O. The number of hydrogen-bond donors (Lipinski definition) is 1. The summed E-state index contributed by atoms with van der Waals surface area (Å²) in [4.78, 5) is 12.5. The lowest BCUT2D eigenvalue weighted by molar-refractivity contribution is 0.138. The van der Waals surface area contributed by atoms with Gasteiger partial charge in [0.25, 0.3) is 5.56 Å². The van der Waals surface area contributed by atoms with Gasteiger partial charge in [-0.15, -0.1) is 0 Å². The van der Waals surface area contributed by atoms with Crippen LogP contribution >= 0.6 is 11.6 Å². The molecule has 1 aromatic heterocycles. The van der Waals surface area contributed by atoms with Crippen LogP contribution in [0.3, 0.4) is 0 Å². The van der Waals surface area contributed by atoms with Crippen LogP contribution in [0.5, 0.6) is 0 Å². The molecule has 1 atom stereocenters. The van der Waals surface area contributed by atoms with E-state index >= 15 is 0 Å². The first-order chi connectivity index (χ1) is 16.6. The van der Waals surface area contributed by atoms with E-state index in [1.807, 2.05) is 26.0 Å². The van der Waals surface area contributed by atoms with Gasteiger partial charge in [0.05, 0.1) is 17.2 Å². The molecular weight excluding hydrogens is 488 g/mol. The summed E-state index contributed by atoms with van der Waals surface area (Å²) < 4.78 is 30.8. The van der Waals surface area contributed by atoms with Crippen LogP contribution < -0.4 is 5.56 Å². The van der Waals surface area contributed by atoms with E-state index in [-0.39, 0.29) is 16.4 Å². The highest BCUT2D eigenvalue weighted by molar-refractivity contribution is 7.90. The molecule has 2 aromatic carbocycles. The Balaban J connectivity index is 2.02. The number of rotatable bonds is 10. The smallest absolute Gasteiger partial charge is 0.250 e. The Morgan fingerprint density at radius 1 is 1.14 bits per heavy atom. The third-order valence-corrected chi connectivity index (χ3v) is 7.20. The standard InChI is InChI=1S/C26H29ClN2O5S/c1-4-34-14-13-29-17-20(7-12-26(29)30)25(28-31)16-24(23-11-8-21(27)15-18(23)2)19-5-9-22(10-6-19)35(3,32)33/h5-12,15,17,24,31H,4,13-14,16H2,1-3H3/b28-25-. The van der Waals surface area contributed by atoms with Gasteiger partial charge in [0.15, 0.2) is 9.84 Å². The summed E-state index contributed by atoms with van der Waals surface area (Å²) >= 11 is 6.18. The van der Waals surface area contributed by atoms with Crippen LogP contribution in [-0.2, 0) is 21.1 Å². The minimum absolute atomic E-state index is 0.174. The van der Waals surface area contributed by atoms with Crippen LogP contribution in [0.25, 0.3) is 0 Å². The van der Waals surface area contributed by atoms with Gasteiger partial charge in [0.1, 0.15) is 0 Å². The molecular formula is C26H29ClN2O5S.